The van der Waals surface area contributed by atoms with Gasteiger partial charge in [0, 0.05) is 38.4 Å². The number of anilines is 1. The Morgan fingerprint density at radius 2 is 1.50 bits per heavy atom. The third-order valence-electron chi connectivity index (χ3n) is 5.48. The van der Waals surface area contributed by atoms with Crippen molar-refractivity contribution in [2.24, 2.45) is 0 Å². The molecule has 0 atom stereocenters. The van der Waals surface area contributed by atoms with Crippen molar-refractivity contribution >= 4 is 17.5 Å². The van der Waals surface area contributed by atoms with Gasteiger partial charge in [0.05, 0.1) is 13.1 Å². The number of hydrogen-bond acceptors (Lipinski definition) is 4. The van der Waals surface area contributed by atoms with Crippen LogP contribution in [0.15, 0.2) is 42.5 Å². The Morgan fingerprint density at radius 3 is 2.13 bits per heavy atom. The molecule has 1 saturated heterocycles. The molecule has 160 valence electrons. The zero-order valence-corrected chi connectivity index (χ0v) is 17.6. The molecular formula is C23H29FN4O2. The highest BCUT2D eigenvalue weighted by molar-refractivity contribution is 5.93. The molecule has 0 unspecified atom stereocenters. The Kier molecular flexibility index (Phi) is 7.54. The first kappa shape index (κ1) is 21.9. The molecule has 2 amide bonds. The zero-order chi connectivity index (χ0) is 21.5. The molecule has 0 aliphatic carbocycles. The van der Waals surface area contributed by atoms with Gasteiger partial charge in [-0.2, -0.15) is 0 Å². The average molecular weight is 413 g/mol. The van der Waals surface area contributed by atoms with E-state index in [1.54, 1.807) is 12.1 Å². The highest BCUT2D eigenvalue weighted by Crippen LogP contribution is 2.18. The van der Waals surface area contributed by atoms with Gasteiger partial charge in [0.15, 0.2) is 0 Å². The minimum Gasteiger partial charge on any atom is -0.351 e. The maximum absolute atomic E-state index is 12.9. The lowest BCUT2D eigenvalue weighted by molar-refractivity contribution is -0.123. The predicted octanol–water partition coefficient (Wildman–Crippen LogP) is 2.32. The van der Waals surface area contributed by atoms with Crippen LogP contribution in [0.3, 0.4) is 0 Å². The van der Waals surface area contributed by atoms with Gasteiger partial charge in [0.2, 0.25) is 11.8 Å². The monoisotopic (exact) mass is 412 g/mol. The predicted molar refractivity (Wildman–Crippen MR) is 116 cm³/mol. The maximum atomic E-state index is 12.9. The molecule has 2 N–H and O–H groups in total. The smallest absolute Gasteiger partial charge is 0.238 e. The zero-order valence-electron chi connectivity index (χ0n) is 17.6. The van der Waals surface area contributed by atoms with Gasteiger partial charge in [-0.3, -0.25) is 19.4 Å². The molecule has 6 nitrogen and oxygen atoms in total. The number of aryl methyl sites for hydroxylation is 1. The van der Waals surface area contributed by atoms with E-state index in [0.717, 1.165) is 48.6 Å². The van der Waals surface area contributed by atoms with Gasteiger partial charge in [0.1, 0.15) is 5.82 Å². The standard InChI is InChI=1S/C23H29FN4O2/c1-17-4-3-5-21(18(17)2)26-23(30)16-28-12-10-27(11-13-28)15-22(29)25-14-19-6-8-20(24)9-7-19/h3-9H,10-16H2,1-2H3,(H,25,29)(H,26,30). The Bertz CT molecular complexity index is 877. The molecule has 1 aliphatic rings. The normalized spacial score (nSPS) is 15.0. The summed E-state index contributed by atoms with van der Waals surface area (Å²) < 4.78 is 12.9. The van der Waals surface area contributed by atoms with E-state index in [2.05, 4.69) is 20.4 Å². The molecule has 7 heteroatoms. The van der Waals surface area contributed by atoms with Gasteiger partial charge < -0.3 is 10.6 Å². The van der Waals surface area contributed by atoms with Crippen LogP contribution >= 0.6 is 0 Å². The number of carbonyl (C=O) groups excluding carboxylic acids is 2. The van der Waals surface area contributed by atoms with Crippen molar-refractivity contribution in [2.75, 3.05) is 44.6 Å². The van der Waals surface area contributed by atoms with Crippen LogP contribution in [0.5, 0.6) is 0 Å². The molecule has 1 aliphatic heterocycles. The van der Waals surface area contributed by atoms with Crippen LogP contribution in [0.1, 0.15) is 16.7 Å². The minimum atomic E-state index is -0.286. The summed E-state index contributed by atoms with van der Waals surface area (Å²) >= 11 is 0. The van der Waals surface area contributed by atoms with Crippen LogP contribution in [0, 0.1) is 19.7 Å². The fourth-order valence-electron chi connectivity index (χ4n) is 3.45. The van der Waals surface area contributed by atoms with Crippen LogP contribution in [0.2, 0.25) is 0 Å². The molecule has 2 aromatic rings. The summed E-state index contributed by atoms with van der Waals surface area (Å²) in [5, 5.41) is 5.86. The van der Waals surface area contributed by atoms with Gasteiger partial charge in [-0.05, 0) is 48.7 Å². The summed E-state index contributed by atoms with van der Waals surface area (Å²) in [7, 11) is 0. The third kappa shape index (κ3) is 6.37. The molecule has 1 fully saturated rings. The van der Waals surface area contributed by atoms with Crippen molar-refractivity contribution in [3.63, 3.8) is 0 Å². The van der Waals surface area contributed by atoms with Crippen molar-refractivity contribution in [3.05, 3.63) is 65.0 Å². The maximum Gasteiger partial charge on any atom is 0.238 e. The van der Waals surface area contributed by atoms with Crippen molar-refractivity contribution < 1.29 is 14.0 Å². The largest absolute Gasteiger partial charge is 0.351 e. The minimum absolute atomic E-state index is 0.0193. The van der Waals surface area contributed by atoms with Gasteiger partial charge >= 0.3 is 0 Å². The second-order valence-electron chi connectivity index (χ2n) is 7.75. The number of carbonyl (C=O) groups is 2. The number of halogens is 1. The van der Waals surface area contributed by atoms with E-state index in [-0.39, 0.29) is 17.6 Å². The molecule has 3 rings (SSSR count). The molecular weight excluding hydrogens is 383 g/mol. The highest BCUT2D eigenvalue weighted by Gasteiger charge is 2.20. The summed E-state index contributed by atoms with van der Waals surface area (Å²) in [4.78, 5) is 28.7. The van der Waals surface area contributed by atoms with Crippen molar-refractivity contribution in [2.45, 2.75) is 20.4 Å². The number of hydrogen-bond donors (Lipinski definition) is 2. The fourth-order valence-corrected chi connectivity index (χ4v) is 3.45. The highest BCUT2D eigenvalue weighted by atomic mass is 19.1. The number of nitrogens with one attached hydrogen (secondary N) is 2. The van der Waals surface area contributed by atoms with Crippen LogP contribution < -0.4 is 10.6 Å². The molecule has 1 heterocycles. The first-order valence-electron chi connectivity index (χ1n) is 10.2. The number of benzene rings is 2. The molecule has 0 radical (unpaired) electrons. The molecule has 2 aromatic carbocycles. The fraction of sp³-hybridized carbons (Fsp3) is 0.391. The van der Waals surface area contributed by atoms with E-state index in [4.69, 9.17) is 0 Å². The van der Waals surface area contributed by atoms with Gasteiger partial charge in [-0.25, -0.2) is 4.39 Å². The van der Waals surface area contributed by atoms with Crippen LogP contribution in [0.25, 0.3) is 0 Å². The van der Waals surface area contributed by atoms with Crippen molar-refractivity contribution in [3.8, 4) is 0 Å². The second kappa shape index (κ2) is 10.3. The summed E-state index contributed by atoms with van der Waals surface area (Å²) in [5.41, 5.74) is 3.96. The topological polar surface area (TPSA) is 64.7 Å². The Balaban J connectivity index is 1.37. The van der Waals surface area contributed by atoms with E-state index in [1.165, 1.54) is 12.1 Å². The van der Waals surface area contributed by atoms with E-state index in [0.29, 0.717) is 19.6 Å². The Labute approximate surface area is 177 Å². The summed E-state index contributed by atoms with van der Waals surface area (Å²) in [5.74, 6) is -0.361. The molecule has 30 heavy (non-hydrogen) atoms. The Hall–Kier alpha value is -2.77. The molecule has 0 aromatic heterocycles. The van der Waals surface area contributed by atoms with E-state index >= 15 is 0 Å². The number of amides is 2. The van der Waals surface area contributed by atoms with Crippen LogP contribution in [-0.4, -0.2) is 60.9 Å². The van der Waals surface area contributed by atoms with Crippen molar-refractivity contribution in [1.82, 2.24) is 15.1 Å². The van der Waals surface area contributed by atoms with Crippen LogP contribution in [-0.2, 0) is 16.1 Å². The number of rotatable bonds is 7. The quantitative estimate of drug-likeness (QED) is 0.733. The van der Waals surface area contributed by atoms with Crippen LogP contribution in [0.4, 0.5) is 10.1 Å². The Morgan fingerprint density at radius 1 is 0.900 bits per heavy atom. The van der Waals surface area contributed by atoms with E-state index in [1.807, 2.05) is 32.0 Å². The van der Waals surface area contributed by atoms with E-state index < -0.39 is 0 Å². The van der Waals surface area contributed by atoms with Gasteiger partial charge in [0.25, 0.3) is 0 Å². The number of piperazine rings is 1. The lowest BCUT2D eigenvalue weighted by Gasteiger charge is -2.33. The lowest BCUT2D eigenvalue weighted by atomic mass is 10.1. The van der Waals surface area contributed by atoms with Crippen molar-refractivity contribution in [1.29, 1.82) is 0 Å². The summed E-state index contributed by atoms with van der Waals surface area (Å²) in [6.45, 7) is 8.04. The number of nitrogens with zero attached hydrogens (tertiary/aromatic N) is 2. The molecule has 0 saturated carbocycles. The summed E-state index contributed by atoms with van der Waals surface area (Å²) in [6, 6.07) is 12.0. The first-order chi connectivity index (χ1) is 14.4. The average Bonchev–Trinajstić information content (AvgIpc) is 2.72. The first-order valence-corrected chi connectivity index (χ1v) is 10.2. The molecule has 0 bridgehead atoms. The van der Waals surface area contributed by atoms with E-state index in [9.17, 15) is 14.0 Å². The third-order valence-corrected chi connectivity index (χ3v) is 5.48. The molecule has 0 spiro atoms. The summed E-state index contributed by atoms with van der Waals surface area (Å²) in [6.07, 6.45) is 0. The van der Waals surface area contributed by atoms with Gasteiger partial charge in [-0.1, -0.05) is 24.3 Å². The lowest BCUT2D eigenvalue weighted by Crippen LogP contribution is -2.50. The SMILES string of the molecule is Cc1cccc(NC(=O)CN2CCN(CC(=O)NCc3ccc(F)cc3)CC2)c1C. The second-order valence-corrected chi connectivity index (χ2v) is 7.75. The van der Waals surface area contributed by atoms with Gasteiger partial charge in [-0.15, -0.1) is 0 Å².